The Bertz CT molecular complexity index is 748. The number of hydrogen-bond donors (Lipinski definition) is 1. The first-order valence-corrected chi connectivity index (χ1v) is 7.37. The van der Waals surface area contributed by atoms with Crippen molar-refractivity contribution in [2.24, 2.45) is 0 Å². The molecule has 0 unspecified atom stereocenters. The summed E-state index contributed by atoms with van der Waals surface area (Å²) in [5, 5.41) is 2.94. The van der Waals surface area contributed by atoms with Crippen molar-refractivity contribution in [3.05, 3.63) is 84.7 Å². The van der Waals surface area contributed by atoms with Crippen LogP contribution < -0.4 is 10.2 Å². The Balaban J connectivity index is 1.94. The van der Waals surface area contributed by atoms with Gasteiger partial charge in [0.15, 0.2) is 0 Å². The van der Waals surface area contributed by atoms with Gasteiger partial charge in [-0.1, -0.05) is 30.3 Å². The van der Waals surface area contributed by atoms with Crippen molar-refractivity contribution in [2.45, 2.75) is 6.92 Å². The fraction of sp³-hybridized carbons (Fsp3) is 0.0526. The molecule has 23 heavy (non-hydrogen) atoms. The lowest BCUT2D eigenvalue weighted by atomic mass is 10.2. The van der Waals surface area contributed by atoms with Gasteiger partial charge in [-0.15, -0.1) is 0 Å². The van der Waals surface area contributed by atoms with Crippen LogP contribution in [0.25, 0.3) is 0 Å². The number of benzene rings is 2. The molecule has 0 bridgehead atoms. The molecule has 1 aromatic heterocycles. The summed E-state index contributed by atoms with van der Waals surface area (Å²) in [6.07, 6.45) is 3.36. The summed E-state index contributed by atoms with van der Waals surface area (Å²) in [5.74, 6) is 0. The van der Waals surface area contributed by atoms with Crippen LogP contribution in [0.2, 0.25) is 0 Å². The number of carbonyl (C=O) groups excluding carboxylic acids is 1. The van der Waals surface area contributed by atoms with Crippen molar-refractivity contribution >= 4 is 23.1 Å². The summed E-state index contributed by atoms with van der Waals surface area (Å²) in [7, 11) is 0. The highest BCUT2D eigenvalue weighted by atomic mass is 16.2. The third-order valence-corrected chi connectivity index (χ3v) is 3.39. The summed E-state index contributed by atoms with van der Waals surface area (Å²) >= 11 is 0. The van der Waals surface area contributed by atoms with Gasteiger partial charge in [0.1, 0.15) is 0 Å². The van der Waals surface area contributed by atoms with Crippen molar-refractivity contribution in [1.82, 2.24) is 4.98 Å². The second-order valence-electron chi connectivity index (χ2n) is 5.18. The van der Waals surface area contributed by atoms with Crippen molar-refractivity contribution < 1.29 is 4.79 Å². The Morgan fingerprint density at radius 2 is 1.74 bits per heavy atom. The number of nitrogens with one attached hydrogen (secondary N) is 1. The molecular formula is C19H17N3O. The Morgan fingerprint density at radius 1 is 0.957 bits per heavy atom. The highest BCUT2D eigenvalue weighted by molar-refractivity contribution is 6.06. The number of anilines is 3. The van der Waals surface area contributed by atoms with Gasteiger partial charge in [0.25, 0.3) is 0 Å². The minimum Gasteiger partial charge on any atom is -0.307 e. The van der Waals surface area contributed by atoms with Crippen LogP contribution in [0.4, 0.5) is 21.9 Å². The molecule has 0 aliphatic heterocycles. The fourth-order valence-electron chi connectivity index (χ4n) is 2.35. The van der Waals surface area contributed by atoms with Gasteiger partial charge in [-0.25, -0.2) is 4.79 Å². The molecule has 0 aliphatic carbocycles. The predicted molar refractivity (Wildman–Crippen MR) is 93.0 cm³/mol. The third-order valence-electron chi connectivity index (χ3n) is 3.39. The topological polar surface area (TPSA) is 45.2 Å². The zero-order valence-electron chi connectivity index (χ0n) is 12.8. The van der Waals surface area contributed by atoms with Gasteiger partial charge in [0.05, 0.1) is 17.6 Å². The van der Waals surface area contributed by atoms with E-state index in [0.717, 1.165) is 16.9 Å². The minimum absolute atomic E-state index is 0.227. The molecule has 4 heteroatoms. The second-order valence-corrected chi connectivity index (χ2v) is 5.18. The summed E-state index contributed by atoms with van der Waals surface area (Å²) in [6.45, 7) is 1.99. The molecule has 1 heterocycles. The van der Waals surface area contributed by atoms with Crippen LogP contribution in [0, 0.1) is 6.92 Å². The summed E-state index contributed by atoms with van der Waals surface area (Å²) in [4.78, 5) is 18.5. The van der Waals surface area contributed by atoms with E-state index in [1.165, 1.54) is 0 Å². The molecule has 0 spiro atoms. The number of hydrogen-bond acceptors (Lipinski definition) is 2. The largest absolute Gasteiger partial charge is 0.330 e. The Morgan fingerprint density at radius 3 is 2.43 bits per heavy atom. The molecule has 0 atom stereocenters. The Kier molecular flexibility index (Phi) is 4.34. The van der Waals surface area contributed by atoms with Crippen LogP contribution in [-0.4, -0.2) is 11.0 Å². The molecule has 0 saturated carbocycles. The highest BCUT2D eigenvalue weighted by Gasteiger charge is 2.18. The van der Waals surface area contributed by atoms with Gasteiger partial charge in [-0.3, -0.25) is 9.88 Å². The van der Waals surface area contributed by atoms with Gasteiger partial charge >= 0.3 is 6.03 Å². The molecule has 0 saturated heterocycles. The maximum absolute atomic E-state index is 12.8. The zero-order valence-corrected chi connectivity index (χ0v) is 12.8. The normalized spacial score (nSPS) is 10.1. The smallest absolute Gasteiger partial charge is 0.307 e. The molecule has 3 aromatic rings. The molecule has 0 aliphatic rings. The molecule has 4 nitrogen and oxygen atoms in total. The molecule has 0 radical (unpaired) electrons. The van der Waals surface area contributed by atoms with E-state index in [-0.39, 0.29) is 6.03 Å². The lowest BCUT2D eigenvalue weighted by molar-refractivity contribution is 0.259. The molecule has 114 valence electrons. The SMILES string of the molecule is Cc1cccc(NC(=O)N(c2ccccc2)c2cccnc2)c1. The van der Waals surface area contributed by atoms with E-state index in [1.54, 1.807) is 17.3 Å². The van der Waals surface area contributed by atoms with E-state index in [2.05, 4.69) is 10.3 Å². The zero-order chi connectivity index (χ0) is 16.1. The maximum atomic E-state index is 12.8. The van der Waals surface area contributed by atoms with Crippen LogP contribution >= 0.6 is 0 Å². The summed E-state index contributed by atoms with van der Waals surface area (Å²) in [5.41, 5.74) is 3.35. The van der Waals surface area contributed by atoms with E-state index in [0.29, 0.717) is 5.69 Å². The highest BCUT2D eigenvalue weighted by Crippen LogP contribution is 2.25. The first kappa shape index (κ1) is 14.8. The molecule has 0 fully saturated rings. The van der Waals surface area contributed by atoms with Gasteiger partial charge in [-0.2, -0.15) is 0 Å². The van der Waals surface area contributed by atoms with Crippen molar-refractivity contribution in [3.63, 3.8) is 0 Å². The first-order valence-electron chi connectivity index (χ1n) is 7.37. The van der Waals surface area contributed by atoms with Crippen molar-refractivity contribution in [2.75, 3.05) is 10.2 Å². The second kappa shape index (κ2) is 6.75. The number of carbonyl (C=O) groups is 1. The van der Waals surface area contributed by atoms with Gasteiger partial charge < -0.3 is 5.32 Å². The van der Waals surface area contributed by atoms with Crippen LogP contribution in [0.5, 0.6) is 0 Å². The van der Waals surface area contributed by atoms with Gasteiger partial charge in [0.2, 0.25) is 0 Å². The van der Waals surface area contributed by atoms with Crippen LogP contribution in [0.15, 0.2) is 79.1 Å². The predicted octanol–water partition coefficient (Wildman–Crippen LogP) is 4.76. The van der Waals surface area contributed by atoms with E-state index < -0.39 is 0 Å². The number of aromatic nitrogens is 1. The summed E-state index contributed by atoms with van der Waals surface area (Å²) < 4.78 is 0. The lowest BCUT2D eigenvalue weighted by Crippen LogP contribution is -2.30. The first-order chi connectivity index (χ1) is 11.2. The van der Waals surface area contributed by atoms with E-state index in [4.69, 9.17) is 0 Å². The van der Waals surface area contributed by atoms with Crippen molar-refractivity contribution in [3.8, 4) is 0 Å². The number of nitrogens with zero attached hydrogens (tertiary/aromatic N) is 2. The van der Waals surface area contributed by atoms with Crippen LogP contribution in [0.3, 0.4) is 0 Å². The number of rotatable bonds is 3. The standard InChI is InChI=1S/C19H17N3O/c1-15-7-5-8-16(13-15)21-19(23)22(17-9-3-2-4-10-17)18-11-6-12-20-14-18/h2-14H,1H3,(H,21,23). The van der Waals surface area contributed by atoms with Crippen LogP contribution in [-0.2, 0) is 0 Å². The number of pyridine rings is 1. The van der Waals surface area contributed by atoms with Crippen LogP contribution in [0.1, 0.15) is 5.56 Å². The van der Waals surface area contributed by atoms with E-state index >= 15 is 0 Å². The number of aryl methyl sites for hydroxylation is 1. The van der Waals surface area contributed by atoms with Gasteiger partial charge in [-0.05, 0) is 48.9 Å². The number of para-hydroxylation sites is 1. The minimum atomic E-state index is -0.227. The monoisotopic (exact) mass is 303 g/mol. The number of urea groups is 1. The number of amides is 2. The van der Waals surface area contributed by atoms with E-state index in [1.807, 2.05) is 73.7 Å². The quantitative estimate of drug-likeness (QED) is 0.758. The molecule has 2 amide bonds. The Labute approximate surface area is 135 Å². The third kappa shape index (κ3) is 3.55. The maximum Gasteiger partial charge on any atom is 0.330 e. The Hall–Kier alpha value is -3.14. The molecule has 3 rings (SSSR count). The lowest BCUT2D eigenvalue weighted by Gasteiger charge is -2.23. The van der Waals surface area contributed by atoms with E-state index in [9.17, 15) is 4.79 Å². The fourth-order valence-corrected chi connectivity index (χ4v) is 2.35. The van der Waals surface area contributed by atoms with Gasteiger partial charge in [0, 0.05) is 11.9 Å². The summed E-state index contributed by atoms with van der Waals surface area (Å²) in [6, 6.07) is 20.7. The average Bonchev–Trinajstić information content (AvgIpc) is 2.57. The molecule has 2 aromatic carbocycles. The average molecular weight is 303 g/mol. The molecular weight excluding hydrogens is 286 g/mol. The van der Waals surface area contributed by atoms with Crippen molar-refractivity contribution in [1.29, 1.82) is 0 Å². The molecule has 1 N–H and O–H groups in total.